The number of nitrogens with zero attached hydrogens (tertiary/aromatic N) is 1. The molecule has 1 heterocycles. The normalized spacial score (nSPS) is 15.4. The molecular formula is C33H56N6O9S. The Hall–Kier alpha value is -3.79. The van der Waals surface area contributed by atoms with Crippen LogP contribution in [0.2, 0.25) is 0 Å². The summed E-state index contributed by atoms with van der Waals surface area (Å²) >= 11 is 0. The van der Waals surface area contributed by atoms with E-state index in [9.17, 15) is 37.5 Å². The highest BCUT2D eigenvalue weighted by Crippen LogP contribution is 2.17. The second-order valence-corrected chi connectivity index (χ2v) is 16.1. The van der Waals surface area contributed by atoms with Crippen molar-refractivity contribution in [3.8, 4) is 0 Å². The van der Waals surface area contributed by atoms with Crippen molar-refractivity contribution in [2.24, 2.45) is 23.7 Å². The second kappa shape index (κ2) is 20.7. The van der Waals surface area contributed by atoms with E-state index in [0.29, 0.717) is 6.42 Å². The van der Waals surface area contributed by atoms with Crippen molar-refractivity contribution >= 4 is 39.6 Å². The monoisotopic (exact) mass is 712 g/mol. The van der Waals surface area contributed by atoms with Crippen LogP contribution in [0.5, 0.6) is 0 Å². The maximum absolute atomic E-state index is 13.5. The van der Waals surface area contributed by atoms with Gasteiger partial charge in [0.2, 0.25) is 23.6 Å². The summed E-state index contributed by atoms with van der Waals surface area (Å²) in [6, 6.07) is -0.694. The minimum Gasteiger partial charge on any atom is -0.465 e. The van der Waals surface area contributed by atoms with E-state index < -0.39 is 81.5 Å². The molecule has 7 N–H and O–H groups in total. The van der Waals surface area contributed by atoms with E-state index in [4.69, 9.17) is 5.11 Å². The summed E-state index contributed by atoms with van der Waals surface area (Å²) in [4.78, 5) is 68.1. The fourth-order valence-electron chi connectivity index (χ4n) is 5.10. The van der Waals surface area contributed by atoms with Gasteiger partial charge >= 0.3 is 6.09 Å². The van der Waals surface area contributed by atoms with E-state index in [0.717, 1.165) is 11.8 Å². The number of aliphatic hydroxyl groups excluding tert-OH is 1. The summed E-state index contributed by atoms with van der Waals surface area (Å²) in [6.07, 6.45) is 1.88. The molecule has 0 unspecified atom stereocenters. The van der Waals surface area contributed by atoms with Crippen LogP contribution in [0.1, 0.15) is 79.7 Å². The molecule has 15 nitrogen and oxygen atoms in total. The van der Waals surface area contributed by atoms with Gasteiger partial charge in [-0.15, -0.1) is 0 Å². The maximum Gasteiger partial charge on any atom is 0.405 e. The molecule has 1 aromatic rings. The number of amides is 5. The molecule has 0 aliphatic carbocycles. The molecule has 49 heavy (non-hydrogen) atoms. The molecule has 0 spiro atoms. The van der Waals surface area contributed by atoms with Crippen LogP contribution in [-0.2, 0) is 35.6 Å². The lowest BCUT2D eigenvalue weighted by molar-refractivity contribution is -0.132. The Morgan fingerprint density at radius 1 is 0.796 bits per heavy atom. The van der Waals surface area contributed by atoms with E-state index in [1.54, 1.807) is 39.2 Å². The molecule has 0 saturated heterocycles. The van der Waals surface area contributed by atoms with Crippen LogP contribution in [-0.4, -0.2) is 95.6 Å². The zero-order chi connectivity index (χ0) is 37.5. The first-order valence-electron chi connectivity index (χ1n) is 16.6. The van der Waals surface area contributed by atoms with Gasteiger partial charge in [0.15, 0.2) is 0 Å². The van der Waals surface area contributed by atoms with Gasteiger partial charge in [-0.1, -0.05) is 54.5 Å². The Balaban J connectivity index is 3.08. The first-order valence-corrected chi connectivity index (χ1v) is 18.7. The van der Waals surface area contributed by atoms with Gasteiger partial charge in [-0.3, -0.25) is 24.2 Å². The smallest absolute Gasteiger partial charge is 0.405 e. The average Bonchev–Trinajstić information content (AvgIpc) is 2.99. The number of aliphatic hydroxyl groups is 1. The molecule has 0 aliphatic rings. The molecule has 16 heteroatoms. The number of carbonyl (C=O) groups excluding carboxylic acids is 4. The third-order valence-corrected chi connectivity index (χ3v) is 8.71. The predicted octanol–water partition coefficient (Wildman–Crippen LogP) is 1.36. The minimum absolute atomic E-state index is 0.0165. The van der Waals surface area contributed by atoms with Crippen molar-refractivity contribution in [2.75, 3.05) is 12.0 Å². The van der Waals surface area contributed by atoms with Crippen LogP contribution in [0, 0.1) is 23.7 Å². The molecule has 0 aliphatic heterocycles. The standard InChI is InChI=1S/C33H56N6O9S/c1-19(2)14-25(37-31(43)24(11-13-49(8,47)48)36-32(44)28(21(5)6)39-33(45)46)27(40)16-22(7)29(41)38-26(15-20(3)4)30(42)35-18-23-10-9-12-34-17-23/h9-10,12,17,19-22,24-28,39-40H,11,13-16,18H2,1-8H3,(H,35,42)(H,36,44)(H,37,43)(H,38,41)(H,45,46)/t22-,24+,25+,26+,27+,28+/m1/s1. The van der Waals surface area contributed by atoms with Gasteiger partial charge < -0.3 is 36.8 Å². The molecule has 0 radical (unpaired) electrons. The Kier molecular flexibility index (Phi) is 18.2. The van der Waals surface area contributed by atoms with Gasteiger partial charge in [-0.05, 0) is 55.1 Å². The lowest BCUT2D eigenvalue weighted by Crippen LogP contribution is -2.57. The van der Waals surface area contributed by atoms with Crippen LogP contribution >= 0.6 is 0 Å². The Morgan fingerprint density at radius 2 is 1.41 bits per heavy atom. The first kappa shape index (κ1) is 43.2. The van der Waals surface area contributed by atoms with Crippen LogP contribution < -0.4 is 26.6 Å². The predicted molar refractivity (Wildman–Crippen MR) is 185 cm³/mol. The molecular weight excluding hydrogens is 656 g/mol. The third-order valence-electron chi connectivity index (χ3n) is 7.73. The van der Waals surface area contributed by atoms with Crippen LogP contribution in [0.3, 0.4) is 0 Å². The first-order chi connectivity index (χ1) is 22.7. The van der Waals surface area contributed by atoms with E-state index in [1.165, 1.54) is 0 Å². The molecule has 0 fully saturated rings. The number of sulfone groups is 1. The molecule has 1 rings (SSSR count). The highest BCUT2D eigenvalue weighted by atomic mass is 32.2. The topological polar surface area (TPSA) is 233 Å². The maximum atomic E-state index is 13.5. The van der Waals surface area contributed by atoms with E-state index in [2.05, 4.69) is 31.6 Å². The lowest BCUT2D eigenvalue weighted by atomic mass is 9.91. The van der Waals surface area contributed by atoms with E-state index in [-0.39, 0.29) is 43.6 Å². The number of hydrogen-bond acceptors (Lipinski definition) is 9. The summed E-state index contributed by atoms with van der Waals surface area (Å²) < 4.78 is 23.9. The Morgan fingerprint density at radius 3 is 1.92 bits per heavy atom. The van der Waals surface area contributed by atoms with Crippen molar-refractivity contribution in [1.82, 2.24) is 31.6 Å². The fraction of sp³-hybridized carbons (Fsp3) is 0.697. The van der Waals surface area contributed by atoms with Gasteiger partial charge in [-0.25, -0.2) is 13.2 Å². The number of rotatable bonds is 21. The van der Waals surface area contributed by atoms with Crippen LogP contribution in [0.15, 0.2) is 24.5 Å². The van der Waals surface area contributed by atoms with Crippen LogP contribution in [0.25, 0.3) is 0 Å². The highest BCUT2D eigenvalue weighted by molar-refractivity contribution is 7.90. The van der Waals surface area contributed by atoms with Crippen molar-refractivity contribution in [1.29, 1.82) is 0 Å². The summed E-state index contributed by atoms with van der Waals surface area (Å²) in [7, 11) is -3.54. The zero-order valence-electron chi connectivity index (χ0n) is 29.9. The largest absolute Gasteiger partial charge is 0.465 e. The number of pyridine rings is 1. The zero-order valence-corrected chi connectivity index (χ0v) is 30.7. The van der Waals surface area contributed by atoms with Gasteiger partial charge in [-0.2, -0.15) is 0 Å². The van der Waals surface area contributed by atoms with Gasteiger partial charge in [0.05, 0.1) is 17.9 Å². The number of carboxylic acid groups (broad SMARTS) is 1. The third kappa shape index (κ3) is 17.4. The van der Waals surface area contributed by atoms with Gasteiger partial charge in [0.1, 0.15) is 28.0 Å². The average molecular weight is 713 g/mol. The highest BCUT2D eigenvalue weighted by Gasteiger charge is 2.33. The molecule has 0 aromatic carbocycles. The molecule has 0 bridgehead atoms. The van der Waals surface area contributed by atoms with E-state index in [1.807, 2.05) is 33.8 Å². The summed E-state index contributed by atoms with van der Waals surface area (Å²) in [5, 5.41) is 33.4. The number of hydrogen-bond donors (Lipinski definition) is 7. The Bertz CT molecular complexity index is 1340. The quantitative estimate of drug-likeness (QED) is 0.0967. The Labute approximate surface area is 290 Å². The minimum atomic E-state index is -3.54. The molecule has 1 aromatic heterocycles. The summed E-state index contributed by atoms with van der Waals surface area (Å²) in [6.45, 7) is 12.7. The summed E-state index contributed by atoms with van der Waals surface area (Å²) in [5.74, 6) is -4.00. The number of nitrogens with one attached hydrogen (secondary N) is 5. The molecule has 278 valence electrons. The molecule has 5 amide bonds. The second-order valence-electron chi connectivity index (χ2n) is 13.9. The molecule has 6 atom stereocenters. The summed E-state index contributed by atoms with van der Waals surface area (Å²) in [5.41, 5.74) is 0.801. The van der Waals surface area contributed by atoms with Crippen molar-refractivity contribution < 1.29 is 42.6 Å². The van der Waals surface area contributed by atoms with Crippen molar-refractivity contribution in [3.63, 3.8) is 0 Å². The SMILES string of the molecule is CC(C)C[C@H](NC(=O)[C@H](C)C[C@H](O)[C@H](CC(C)C)NC(=O)[C@H](CCS(C)(=O)=O)NC(=O)[C@@H](NC(=O)O)C(C)C)C(=O)NCc1cccnc1. The van der Waals surface area contributed by atoms with Crippen molar-refractivity contribution in [2.45, 2.75) is 111 Å². The number of carbonyl (C=O) groups is 5. The van der Waals surface area contributed by atoms with Crippen LogP contribution in [0.4, 0.5) is 4.79 Å². The van der Waals surface area contributed by atoms with Gasteiger partial charge in [0, 0.05) is 31.1 Å². The fourth-order valence-corrected chi connectivity index (χ4v) is 5.76. The number of aromatic nitrogens is 1. The van der Waals surface area contributed by atoms with Crippen molar-refractivity contribution in [3.05, 3.63) is 30.1 Å². The van der Waals surface area contributed by atoms with Gasteiger partial charge in [0.25, 0.3) is 0 Å². The van der Waals surface area contributed by atoms with E-state index >= 15 is 0 Å². The lowest BCUT2D eigenvalue weighted by Gasteiger charge is -2.30. The molecule has 0 saturated carbocycles.